The van der Waals surface area contributed by atoms with E-state index in [2.05, 4.69) is 33.8 Å². The van der Waals surface area contributed by atoms with Gasteiger partial charge < -0.3 is 4.90 Å². The Morgan fingerprint density at radius 3 is 2.28 bits per heavy atom. The molecule has 0 radical (unpaired) electrons. The van der Waals surface area contributed by atoms with Gasteiger partial charge in [0.2, 0.25) is 0 Å². The van der Waals surface area contributed by atoms with Crippen LogP contribution in [-0.4, -0.2) is 37.5 Å². The maximum absolute atomic E-state index is 13.5. The van der Waals surface area contributed by atoms with E-state index < -0.39 is 0 Å². The van der Waals surface area contributed by atoms with E-state index in [1.165, 1.54) is 56.3 Å². The van der Waals surface area contributed by atoms with E-state index in [-0.39, 0.29) is 16.9 Å². The Balaban J connectivity index is 1.42. The summed E-state index contributed by atoms with van der Waals surface area (Å²) in [5.41, 5.74) is 4.03. The fraction of sp³-hybridized carbons (Fsp3) is 0.741. The lowest BCUT2D eigenvalue weighted by Gasteiger charge is -2.56. The summed E-state index contributed by atoms with van der Waals surface area (Å²) in [7, 11) is 0. The lowest BCUT2D eigenvalue weighted by Crippen LogP contribution is -2.50. The molecule has 2 aromatic rings. The Morgan fingerprint density at radius 2 is 1.69 bits per heavy atom. The Bertz CT molecular complexity index is 1030. The fourth-order valence-electron chi connectivity index (χ4n) is 7.99. The van der Waals surface area contributed by atoms with Crippen LogP contribution in [0.4, 0.5) is 0 Å². The van der Waals surface area contributed by atoms with Crippen molar-refractivity contribution in [1.82, 2.24) is 19.5 Å². The molecule has 1 aliphatic heterocycles. The van der Waals surface area contributed by atoms with Gasteiger partial charge in [0.25, 0.3) is 5.91 Å². The molecule has 2 aromatic heterocycles. The van der Waals surface area contributed by atoms with E-state index in [1.54, 1.807) is 0 Å². The second-order valence-corrected chi connectivity index (χ2v) is 12.4. The maximum atomic E-state index is 13.5. The standard InChI is InChI=1S/C27H38N4O/c1-17(2)22-13-23(27-14-18-9-19(15-27)11-20(10-18)16-27)28-24-12-21(29-31(22)24)25(32)30-8-6-5-7-26(30,3)4/h12-13,17-20H,5-11,14-16H2,1-4H3. The number of piperidine rings is 1. The zero-order valence-corrected chi connectivity index (χ0v) is 20.2. The molecular weight excluding hydrogens is 396 g/mol. The molecule has 5 fully saturated rings. The molecule has 0 atom stereocenters. The molecule has 5 aliphatic rings. The molecule has 7 rings (SSSR count). The number of hydrogen-bond donors (Lipinski definition) is 0. The van der Waals surface area contributed by atoms with Gasteiger partial charge in [-0.1, -0.05) is 13.8 Å². The third-order valence-corrected chi connectivity index (χ3v) is 9.24. The average molecular weight is 435 g/mol. The van der Waals surface area contributed by atoms with Crippen LogP contribution >= 0.6 is 0 Å². The van der Waals surface area contributed by atoms with E-state index in [9.17, 15) is 4.79 Å². The minimum atomic E-state index is -0.107. The highest BCUT2D eigenvalue weighted by Gasteiger charge is 2.52. The van der Waals surface area contributed by atoms with E-state index in [4.69, 9.17) is 10.1 Å². The van der Waals surface area contributed by atoms with Gasteiger partial charge >= 0.3 is 0 Å². The Hall–Kier alpha value is -1.91. The molecule has 1 amide bonds. The highest BCUT2D eigenvalue weighted by Crippen LogP contribution is 2.60. The molecule has 0 N–H and O–H groups in total. The third-order valence-electron chi connectivity index (χ3n) is 9.24. The molecule has 1 saturated heterocycles. The van der Waals surface area contributed by atoms with Crippen molar-refractivity contribution in [3.8, 4) is 0 Å². The molecular formula is C27H38N4O. The topological polar surface area (TPSA) is 50.5 Å². The number of hydrogen-bond acceptors (Lipinski definition) is 3. The molecule has 5 heteroatoms. The molecule has 32 heavy (non-hydrogen) atoms. The second kappa shape index (κ2) is 7.04. The summed E-state index contributed by atoms with van der Waals surface area (Å²) in [6.45, 7) is 9.65. The molecule has 172 valence electrons. The van der Waals surface area contributed by atoms with Gasteiger partial charge in [-0.15, -0.1) is 0 Å². The number of nitrogens with zero attached hydrogens (tertiary/aromatic N) is 4. The Kier molecular flexibility index (Phi) is 4.55. The van der Waals surface area contributed by atoms with Crippen molar-refractivity contribution in [3.63, 3.8) is 0 Å². The summed E-state index contributed by atoms with van der Waals surface area (Å²) < 4.78 is 1.96. The smallest absolute Gasteiger partial charge is 0.274 e. The van der Waals surface area contributed by atoms with Gasteiger partial charge in [-0.2, -0.15) is 5.10 Å². The molecule has 0 aromatic carbocycles. The van der Waals surface area contributed by atoms with E-state index in [1.807, 2.05) is 15.5 Å². The predicted molar refractivity (Wildman–Crippen MR) is 126 cm³/mol. The quantitative estimate of drug-likeness (QED) is 0.620. The molecule has 0 spiro atoms. The summed E-state index contributed by atoms with van der Waals surface area (Å²) in [5.74, 6) is 3.08. The first kappa shape index (κ1) is 20.7. The van der Waals surface area contributed by atoms with E-state index in [0.717, 1.165) is 42.8 Å². The number of aromatic nitrogens is 3. The summed E-state index contributed by atoms with van der Waals surface area (Å²) >= 11 is 0. The van der Waals surface area contributed by atoms with Gasteiger partial charge in [-0.3, -0.25) is 4.79 Å². The first-order valence-electron chi connectivity index (χ1n) is 13.0. The van der Waals surface area contributed by atoms with Gasteiger partial charge in [-0.05, 0) is 101 Å². The van der Waals surface area contributed by atoms with Gasteiger partial charge in [0, 0.05) is 29.3 Å². The Labute approximate surface area is 192 Å². The highest BCUT2D eigenvalue weighted by molar-refractivity contribution is 5.94. The number of carbonyl (C=O) groups excluding carboxylic acids is 1. The molecule has 4 aliphatic carbocycles. The van der Waals surface area contributed by atoms with Crippen molar-refractivity contribution in [2.24, 2.45) is 17.8 Å². The van der Waals surface area contributed by atoms with Crippen LogP contribution in [0.1, 0.15) is 113 Å². The summed E-state index contributed by atoms with van der Waals surface area (Å²) in [4.78, 5) is 20.8. The largest absolute Gasteiger partial charge is 0.332 e. The molecule has 3 heterocycles. The van der Waals surface area contributed by atoms with Crippen molar-refractivity contribution >= 4 is 11.6 Å². The summed E-state index contributed by atoms with van der Waals surface area (Å²) in [6.07, 6.45) is 11.6. The molecule has 5 nitrogen and oxygen atoms in total. The first-order valence-corrected chi connectivity index (χ1v) is 13.0. The van der Waals surface area contributed by atoms with Crippen LogP contribution in [0.15, 0.2) is 12.1 Å². The van der Waals surface area contributed by atoms with Crippen LogP contribution in [0, 0.1) is 17.8 Å². The zero-order valence-electron chi connectivity index (χ0n) is 20.2. The third kappa shape index (κ3) is 3.13. The number of rotatable bonds is 3. The minimum Gasteiger partial charge on any atom is -0.332 e. The SMILES string of the molecule is CC(C)c1cc(C23CC4CC(CC(C4)C2)C3)nc2cc(C(=O)N3CCCCC3(C)C)nn12. The van der Waals surface area contributed by atoms with E-state index >= 15 is 0 Å². The van der Waals surface area contributed by atoms with Crippen LogP contribution in [0.2, 0.25) is 0 Å². The van der Waals surface area contributed by atoms with Crippen LogP contribution in [0.25, 0.3) is 5.65 Å². The van der Waals surface area contributed by atoms with Crippen LogP contribution in [0.5, 0.6) is 0 Å². The lowest BCUT2D eigenvalue weighted by atomic mass is 9.49. The zero-order chi connectivity index (χ0) is 22.3. The van der Waals surface area contributed by atoms with Gasteiger partial charge in [0.15, 0.2) is 11.3 Å². The van der Waals surface area contributed by atoms with Gasteiger partial charge in [0.1, 0.15) is 0 Å². The summed E-state index contributed by atoms with van der Waals surface area (Å²) in [6, 6.07) is 4.31. The second-order valence-electron chi connectivity index (χ2n) is 12.4. The van der Waals surface area contributed by atoms with Gasteiger partial charge in [0.05, 0.1) is 5.69 Å². The lowest BCUT2D eigenvalue weighted by molar-refractivity contribution is -0.00719. The number of carbonyl (C=O) groups is 1. The van der Waals surface area contributed by atoms with Crippen molar-refractivity contribution in [3.05, 3.63) is 29.2 Å². The first-order chi connectivity index (χ1) is 15.2. The number of amides is 1. The summed E-state index contributed by atoms with van der Waals surface area (Å²) in [5, 5.41) is 4.83. The fourth-order valence-corrected chi connectivity index (χ4v) is 7.99. The monoisotopic (exact) mass is 434 g/mol. The Morgan fingerprint density at radius 1 is 1.03 bits per heavy atom. The van der Waals surface area contributed by atoms with Crippen LogP contribution in [0.3, 0.4) is 0 Å². The molecule has 4 bridgehead atoms. The van der Waals surface area contributed by atoms with Crippen molar-refractivity contribution in [2.45, 2.75) is 102 Å². The predicted octanol–water partition coefficient (Wildman–Crippen LogP) is 5.73. The minimum absolute atomic E-state index is 0.0614. The van der Waals surface area contributed by atoms with E-state index in [0.29, 0.717) is 11.6 Å². The number of likely N-dealkylation sites (tertiary alicyclic amines) is 1. The maximum Gasteiger partial charge on any atom is 0.274 e. The van der Waals surface area contributed by atoms with Gasteiger partial charge in [-0.25, -0.2) is 9.50 Å². The van der Waals surface area contributed by atoms with Crippen LogP contribution in [-0.2, 0) is 5.41 Å². The highest BCUT2D eigenvalue weighted by atomic mass is 16.2. The average Bonchev–Trinajstić information content (AvgIpc) is 3.15. The number of fused-ring (bicyclic) bond motifs is 1. The van der Waals surface area contributed by atoms with Crippen molar-refractivity contribution < 1.29 is 4.79 Å². The van der Waals surface area contributed by atoms with Crippen molar-refractivity contribution in [2.75, 3.05) is 6.54 Å². The van der Waals surface area contributed by atoms with Crippen molar-refractivity contribution in [1.29, 1.82) is 0 Å². The molecule has 4 saturated carbocycles. The normalized spacial score (nSPS) is 33.4. The molecule has 0 unspecified atom stereocenters. The van der Waals surface area contributed by atoms with Crippen LogP contribution < -0.4 is 0 Å².